The monoisotopic (exact) mass is 414 g/mol. The number of hydrogen-bond donors (Lipinski definition) is 2. The number of anilines is 2. The van der Waals surface area contributed by atoms with Gasteiger partial charge in [-0.15, -0.1) is 0 Å². The summed E-state index contributed by atoms with van der Waals surface area (Å²) < 4.78 is 16.0. The molecule has 154 valence electrons. The number of fused-ring (bicyclic) bond motifs is 1. The summed E-state index contributed by atoms with van der Waals surface area (Å²) >= 11 is 0. The number of nitrogens with zero attached hydrogens (tertiary/aromatic N) is 4. The fraction of sp³-hybridized carbons (Fsp3) is 0.130. The van der Waals surface area contributed by atoms with E-state index in [2.05, 4.69) is 20.1 Å². The Bertz CT molecular complexity index is 1390. The van der Waals surface area contributed by atoms with Gasteiger partial charge in [-0.3, -0.25) is 9.36 Å². The summed E-state index contributed by atoms with van der Waals surface area (Å²) in [6.07, 6.45) is 0. The highest BCUT2D eigenvalue weighted by atomic mass is 19.1. The molecule has 0 aliphatic carbocycles. The molecule has 1 atom stereocenters. The number of nitrogens with one attached hydrogen (secondary N) is 1. The van der Waals surface area contributed by atoms with E-state index in [0.29, 0.717) is 22.5 Å². The molecule has 0 radical (unpaired) electrons. The van der Waals surface area contributed by atoms with Crippen LogP contribution in [-0.2, 0) is 0 Å². The van der Waals surface area contributed by atoms with Crippen LogP contribution in [0.2, 0.25) is 0 Å². The largest absolute Gasteiger partial charge is 0.371 e. The van der Waals surface area contributed by atoms with Crippen LogP contribution >= 0.6 is 0 Å². The molecule has 3 N–H and O–H groups in total. The van der Waals surface area contributed by atoms with E-state index in [9.17, 15) is 9.18 Å². The first-order valence-electron chi connectivity index (χ1n) is 9.58. The zero-order valence-electron chi connectivity index (χ0n) is 16.9. The number of aryl methyl sites for hydroxylation is 1. The molecule has 2 aromatic carbocycles. The van der Waals surface area contributed by atoms with Crippen molar-refractivity contribution in [2.45, 2.75) is 19.9 Å². The topological polar surface area (TPSA) is 90.2 Å². The van der Waals surface area contributed by atoms with Gasteiger partial charge in [0.15, 0.2) is 0 Å². The lowest BCUT2D eigenvalue weighted by Gasteiger charge is -2.22. The third-order valence-electron chi connectivity index (χ3n) is 5.02. The quantitative estimate of drug-likeness (QED) is 0.479. The van der Waals surface area contributed by atoms with Crippen molar-refractivity contribution in [3.8, 4) is 5.69 Å². The average molecular weight is 414 g/mol. The van der Waals surface area contributed by atoms with Gasteiger partial charge in [-0.25, -0.2) is 19.2 Å². The molecular formula is C23H19FN6O. The van der Waals surface area contributed by atoms with Gasteiger partial charge in [-0.2, -0.15) is 0 Å². The molecule has 2 heterocycles. The maximum absolute atomic E-state index is 14.5. The van der Waals surface area contributed by atoms with Crippen LogP contribution < -0.4 is 16.6 Å². The van der Waals surface area contributed by atoms with E-state index < -0.39 is 17.4 Å². The van der Waals surface area contributed by atoms with E-state index >= 15 is 0 Å². The molecule has 0 saturated carbocycles. The van der Waals surface area contributed by atoms with Crippen LogP contribution in [0.15, 0.2) is 59.4 Å². The number of halogens is 1. The number of para-hydroxylation sites is 1. The zero-order chi connectivity index (χ0) is 22.1. The number of pyridine rings is 1. The second-order valence-corrected chi connectivity index (χ2v) is 7.09. The van der Waals surface area contributed by atoms with Gasteiger partial charge in [0.1, 0.15) is 11.6 Å². The Morgan fingerprint density at radius 2 is 1.90 bits per heavy atom. The zero-order valence-corrected chi connectivity index (χ0v) is 16.9. The normalized spacial score (nSPS) is 11.8. The van der Waals surface area contributed by atoms with Crippen LogP contribution in [0.4, 0.5) is 21.8 Å². The fourth-order valence-electron chi connectivity index (χ4n) is 3.60. The summed E-state index contributed by atoms with van der Waals surface area (Å²) in [6, 6.07) is 14.8. The van der Waals surface area contributed by atoms with Gasteiger partial charge in [0.2, 0.25) is 11.6 Å². The second-order valence-electron chi connectivity index (χ2n) is 7.09. The van der Waals surface area contributed by atoms with Gasteiger partial charge in [-0.1, -0.05) is 30.3 Å². The van der Waals surface area contributed by atoms with E-state index in [4.69, 9.17) is 12.3 Å². The molecule has 0 amide bonds. The number of hydrogen-bond acceptors (Lipinski definition) is 5. The second kappa shape index (κ2) is 7.88. The Morgan fingerprint density at radius 1 is 1.16 bits per heavy atom. The van der Waals surface area contributed by atoms with Crippen LogP contribution in [0, 0.1) is 19.3 Å². The van der Waals surface area contributed by atoms with E-state index in [-0.39, 0.29) is 22.8 Å². The van der Waals surface area contributed by atoms with Gasteiger partial charge in [0.05, 0.1) is 23.7 Å². The van der Waals surface area contributed by atoms with Gasteiger partial charge in [0.25, 0.3) is 5.56 Å². The number of nitrogen functional groups attached to an aromatic ring is 1. The Kier molecular flexibility index (Phi) is 5.09. The molecule has 8 heteroatoms. The van der Waals surface area contributed by atoms with Crippen molar-refractivity contribution in [2.75, 3.05) is 11.1 Å². The summed E-state index contributed by atoms with van der Waals surface area (Å²) in [4.78, 5) is 25.1. The number of nitrogens with two attached hydrogens (primary N) is 1. The Morgan fingerprint density at radius 3 is 2.61 bits per heavy atom. The van der Waals surface area contributed by atoms with Crippen molar-refractivity contribution < 1.29 is 4.39 Å². The number of aromatic nitrogens is 3. The minimum atomic E-state index is -0.575. The van der Waals surface area contributed by atoms with Crippen molar-refractivity contribution >= 4 is 28.2 Å². The molecule has 4 aromatic rings. The molecule has 0 spiro atoms. The molecular weight excluding hydrogens is 395 g/mol. The van der Waals surface area contributed by atoms with Crippen LogP contribution in [0.5, 0.6) is 0 Å². The molecule has 0 saturated heterocycles. The highest BCUT2D eigenvalue weighted by Gasteiger charge is 2.20. The van der Waals surface area contributed by atoms with Crippen LogP contribution in [-0.4, -0.2) is 14.5 Å². The van der Waals surface area contributed by atoms with Crippen LogP contribution in [0.3, 0.4) is 0 Å². The molecule has 7 nitrogen and oxygen atoms in total. The third kappa shape index (κ3) is 3.57. The van der Waals surface area contributed by atoms with Gasteiger partial charge >= 0.3 is 0 Å². The van der Waals surface area contributed by atoms with E-state index in [1.54, 1.807) is 49.4 Å². The van der Waals surface area contributed by atoms with Crippen LogP contribution in [0.1, 0.15) is 24.4 Å². The van der Waals surface area contributed by atoms with Crippen molar-refractivity contribution in [3.63, 3.8) is 0 Å². The number of rotatable bonds is 4. The molecule has 0 fully saturated rings. The summed E-state index contributed by atoms with van der Waals surface area (Å²) in [6.45, 7) is 11.0. The Labute approximate surface area is 177 Å². The summed E-state index contributed by atoms with van der Waals surface area (Å²) in [5.41, 5.74) is 7.20. The molecule has 2 aromatic heterocycles. The standard InChI is InChI=1S/C23H19FN6O/c1-13(27-21-20(26-3)14(2)28-23(25)29-21)18-12-15-8-7-11-17(24)19(15)22(31)30(18)16-9-5-4-6-10-16/h4-13H,1-2H3,(H3,25,27,28,29)/t13-/m0/s1. The SMILES string of the molecule is [C-]#[N+]c1c(C)nc(N)nc1N[C@@H](C)c1cc2cccc(F)c2c(=O)n1-c1ccccc1. The molecule has 0 aliphatic rings. The van der Waals surface area contributed by atoms with Crippen molar-refractivity contribution in [2.24, 2.45) is 0 Å². The predicted molar refractivity (Wildman–Crippen MR) is 119 cm³/mol. The molecule has 0 aliphatic heterocycles. The third-order valence-corrected chi connectivity index (χ3v) is 5.02. The number of benzene rings is 2. The summed E-state index contributed by atoms with van der Waals surface area (Å²) in [5.74, 6) is -0.256. The maximum Gasteiger partial charge on any atom is 0.266 e. The smallest absolute Gasteiger partial charge is 0.266 e. The van der Waals surface area contributed by atoms with Gasteiger partial charge in [0, 0.05) is 11.4 Å². The van der Waals surface area contributed by atoms with Crippen LogP contribution in [0.25, 0.3) is 21.3 Å². The Balaban J connectivity index is 1.94. The van der Waals surface area contributed by atoms with E-state index in [1.165, 1.54) is 10.6 Å². The van der Waals surface area contributed by atoms with E-state index in [1.807, 2.05) is 13.0 Å². The van der Waals surface area contributed by atoms with Crippen molar-refractivity contribution in [1.82, 2.24) is 14.5 Å². The molecule has 0 bridgehead atoms. The molecule has 0 unspecified atom stereocenters. The van der Waals surface area contributed by atoms with E-state index in [0.717, 1.165) is 0 Å². The van der Waals surface area contributed by atoms with Crippen molar-refractivity contribution in [1.29, 1.82) is 0 Å². The summed E-state index contributed by atoms with van der Waals surface area (Å²) in [5, 5.41) is 3.69. The summed E-state index contributed by atoms with van der Waals surface area (Å²) in [7, 11) is 0. The Hall–Kier alpha value is -4.25. The van der Waals surface area contributed by atoms with Gasteiger partial charge < -0.3 is 11.1 Å². The first-order chi connectivity index (χ1) is 14.9. The predicted octanol–water partition coefficient (Wildman–Crippen LogP) is 4.53. The minimum Gasteiger partial charge on any atom is -0.371 e. The lowest BCUT2D eigenvalue weighted by molar-refractivity contribution is 0.637. The lowest BCUT2D eigenvalue weighted by Crippen LogP contribution is -2.26. The first kappa shape index (κ1) is 20.0. The first-order valence-corrected chi connectivity index (χ1v) is 9.58. The molecule has 4 rings (SSSR count). The van der Waals surface area contributed by atoms with Gasteiger partial charge in [-0.05, 0) is 43.5 Å². The fourth-order valence-corrected chi connectivity index (χ4v) is 3.60. The van der Waals surface area contributed by atoms with Crippen molar-refractivity contribution in [3.05, 3.63) is 93.6 Å². The maximum atomic E-state index is 14.5. The average Bonchev–Trinajstić information content (AvgIpc) is 2.74. The molecule has 31 heavy (non-hydrogen) atoms. The highest BCUT2D eigenvalue weighted by molar-refractivity contribution is 5.83. The minimum absolute atomic E-state index is 0.0197. The highest BCUT2D eigenvalue weighted by Crippen LogP contribution is 2.31. The lowest BCUT2D eigenvalue weighted by atomic mass is 10.1.